The molecule has 1 aromatic rings. The lowest BCUT2D eigenvalue weighted by Crippen LogP contribution is -2.60. The van der Waals surface area contributed by atoms with E-state index in [2.05, 4.69) is 14.3 Å². The van der Waals surface area contributed by atoms with Crippen LogP contribution in [0.5, 0.6) is 0 Å². The third kappa shape index (κ3) is 8.97. The molecule has 0 radical (unpaired) electrons. The number of nitrogens with one attached hydrogen (secondary N) is 2. The minimum Gasteiger partial charge on any atom is -0.726 e. The van der Waals surface area contributed by atoms with Crippen LogP contribution >= 0.6 is 0 Å². The molecule has 1 aliphatic heterocycles. The SMILES string of the molecule is COS(=O)(=O)[O-].Cc1ccc(S(=O)(=O)NC(=O)N[N+]2(C)CCCCCC2)cc1. The maximum atomic E-state index is 12.2. The fraction of sp³-hybridized carbons (Fsp3) is 0.562. The molecule has 1 aromatic carbocycles. The van der Waals surface area contributed by atoms with E-state index in [1.54, 1.807) is 12.1 Å². The highest BCUT2D eigenvalue weighted by Crippen LogP contribution is 2.14. The number of carbonyl (C=O) groups is 1. The first-order chi connectivity index (χ1) is 12.9. The molecule has 0 atom stereocenters. The molecule has 1 saturated heterocycles. The smallest absolute Gasteiger partial charge is 0.372 e. The van der Waals surface area contributed by atoms with Crippen molar-refractivity contribution in [2.24, 2.45) is 0 Å². The van der Waals surface area contributed by atoms with Crippen molar-refractivity contribution >= 4 is 26.5 Å². The molecule has 1 heterocycles. The van der Waals surface area contributed by atoms with Gasteiger partial charge in [0, 0.05) is 0 Å². The molecule has 0 unspecified atom stereocenters. The van der Waals surface area contributed by atoms with Gasteiger partial charge < -0.3 is 4.55 Å². The molecule has 10 nitrogen and oxygen atoms in total. The number of nitrogens with zero attached hydrogens (tertiary/aromatic N) is 1. The van der Waals surface area contributed by atoms with Crippen molar-refractivity contribution < 1.29 is 35.0 Å². The Hall–Kier alpha value is -1.73. The van der Waals surface area contributed by atoms with E-state index in [0.717, 1.165) is 51.4 Å². The number of likely N-dealkylation sites (tertiary alicyclic amines) is 1. The average Bonchev–Trinajstić information content (AvgIpc) is 2.79. The topological polar surface area (TPSA) is 142 Å². The van der Waals surface area contributed by atoms with Crippen LogP contribution in [0, 0.1) is 6.92 Å². The molecular weight excluding hydrogens is 410 g/mol. The number of sulfonamides is 1. The monoisotopic (exact) mass is 437 g/mol. The Morgan fingerprint density at radius 1 is 1.04 bits per heavy atom. The predicted octanol–water partition coefficient (Wildman–Crippen LogP) is 1.01. The maximum Gasteiger partial charge on any atom is 0.372 e. The molecule has 0 aliphatic carbocycles. The number of urea groups is 1. The van der Waals surface area contributed by atoms with Gasteiger partial charge in [0.15, 0.2) is 0 Å². The molecule has 2 rings (SSSR count). The van der Waals surface area contributed by atoms with E-state index in [1.165, 1.54) is 12.1 Å². The van der Waals surface area contributed by atoms with E-state index in [1.807, 2.05) is 14.0 Å². The van der Waals surface area contributed by atoms with Crippen LogP contribution in [-0.2, 0) is 24.6 Å². The highest BCUT2D eigenvalue weighted by Gasteiger charge is 2.28. The van der Waals surface area contributed by atoms with Gasteiger partial charge in [-0.15, -0.1) is 0 Å². The Kier molecular flexibility index (Phi) is 8.82. The number of aryl methyl sites for hydroxylation is 1. The van der Waals surface area contributed by atoms with E-state index in [-0.39, 0.29) is 4.90 Å². The zero-order valence-corrected chi connectivity index (χ0v) is 17.8. The number of carbonyl (C=O) groups excluding carboxylic acids is 1. The second kappa shape index (κ2) is 10.2. The summed E-state index contributed by atoms with van der Waals surface area (Å²) in [6.45, 7) is 3.51. The normalized spacial score (nSPS) is 16.9. The Morgan fingerprint density at radius 2 is 1.50 bits per heavy atom. The lowest BCUT2D eigenvalue weighted by atomic mass is 10.2. The zero-order chi connectivity index (χ0) is 21.4. The molecule has 0 saturated carbocycles. The molecule has 28 heavy (non-hydrogen) atoms. The van der Waals surface area contributed by atoms with E-state index in [0.29, 0.717) is 4.59 Å². The van der Waals surface area contributed by atoms with Crippen LogP contribution in [0.2, 0.25) is 0 Å². The largest absolute Gasteiger partial charge is 0.726 e. The number of quaternary nitrogens is 1. The lowest BCUT2D eigenvalue weighted by molar-refractivity contribution is -0.942. The first-order valence-corrected chi connectivity index (χ1v) is 11.5. The maximum absolute atomic E-state index is 12.2. The standard InChI is InChI=1S/C15H23N3O3S.CH4O4S/c1-13-7-9-14(10-8-13)22(20,21)17-15(19)16-18(2)11-5-3-4-6-12-18;1-5-6(2,3)4/h7-10H,3-6,11-12H2,1-2H3,(H-,16,17,19);1H3,(H,2,3,4). The molecule has 2 N–H and O–H groups in total. The van der Waals surface area contributed by atoms with Gasteiger partial charge in [0.05, 0.1) is 19.1 Å². The minimum atomic E-state index is -4.41. The summed E-state index contributed by atoms with van der Waals surface area (Å²) in [5.74, 6) is 0. The Bertz CT molecular complexity index is 845. The highest BCUT2D eigenvalue weighted by atomic mass is 32.3. The van der Waals surface area contributed by atoms with E-state index >= 15 is 0 Å². The zero-order valence-electron chi connectivity index (χ0n) is 16.2. The average molecular weight is 438 g/mol. The van der Waals surface area contributed by atoms with Gasteiger partial charge in [-0.2, -0.15) is 5.43 Å². The number of rotatable bonds is 4. The van der Waals surface area contributed by atoms with Gasteiger partial charge in [-0.3, -0.25) is 4.18 Å². The van der Waals surface area contributed by atoms with Crippen molar-refractivity contribution in [1.29, 1.82) is 0 Å². The summed E-state index contributed by atoms with van der Waals surface area (Å²) in [5, 5.41) is 0. The summed E-state index contributed by atoms with van der Waals surface area (Å²) in [6, 6.07) is 5.72. The number of amides is 2. The molecule has 0 spiro atoms. The third-order valence-electron chi connectivity index (χ3n) is 4.19. The van der Waals surface area contributed by atoms with Crippen molar-refractivity contribution in [3.63, 3.8) is 0 Å². The summed E-state index contributed by atoms with van der Waals surface area (Å²) >= 11 is 0. The van der Waals surface area contributed by atoms with Gasteiger partial charge in [0.2, 0.25) is 10.4 Å². The second-order valence-corrected chi connectivity index (χ2v) is 9.52. The minimum absolute atomic E-state index is 0.0896. The van der Waals surface area contributed by atoms with E-state index in [4.69, 9.17) is 0 Å². The number of benzene rings is 1. The van der Waals surface area contributed by atoms with Crippen LogP contribution in [0.3, 0.4) is 0 Å². The molecule has 0 bridgehead atoms. The first-order valence-electron chi connectivity index (χ1n) is 8.65. The van der Waals surface area contributed by atoms with Gasteiger partial charge in [0.25, 0.3) is 10.0 Å². The quantitative estimate of drug-likeness (QED) is 0.407. The van der Waals surface area contributed by atoms with Crippen LogP contribution in [0.1, 0.15) is 31.2 Å². The van der Waals surface area contributed by atoms with Crippen LogP contribution in [0.15, 0.2) is 29.2 Å². The molecule has 2 amide bonds. The molecular formula is C16H27N3O7S2. The fourth-order valence-electron chi connectivity index (χ4n) is 2.67. The Morgan fingerprint density at radius 3 is 1.93 bits per heavy atom. The Balaban J connectivity index is 0.000000568. The highest BCUT2D eigenvalue weighted by molar-refractivity contribution is 7.90. The summed E-state index contributed by atoms with van der Waals surface area (Å²) in [4.78, 5) is 12.2. The predicted molar refractivity (Wildman–Crippen MR) is 101 cm³/mol. The van der Waals surface area contributed by atoms with Crippen LogP contribution in [-0.4, -0.2) is 59.3 Å². The number of hydrogen-bond donors (Lipinski definition) is 2. The number of hydrogen-bond acceptors (Lipinski definition) is 7. The lowest BCUT2D eigenvalue weighted by Gasteiger charge is -2.32. The summed E-state index contributed by atoms with van der Waals surface area (Å²) in [5.41, 5.74) is 3.74. The first kappa shape index (κ1) is 24.3. The summed E-state index contributed by atoms with van der Waals surface area (Å²) in [6.07, 6.45) is 4.36. The van der Waals surface area contributed by atoms with Crippen molar-refractivity contribution in [2.75, 3.05) is 27.2 Å². The molecule has 12 heteroatoms. The van der Waals surface area contributed by atoms with Crippen molar-refractivity contribution in [1.82, 2.24) is 10.1 Å². The van der Waals surface area contributed by atoms with E-state index in [9.17, 15) is 26.2 Å². The van der Waals surface area contributed by atoms with Gasteiger partial charge in [0.1, 0.15) is 13.1 Å². The fourth-order valence-corrected chi connectivity index (χ4v) is 3.57. The molecule has 0 aromatic heterocycles. The van der Waals surface area contributed by atoms with Crippen LogP contribution in [0.4, 0.5) is 4.79 Å². The molecule has 1 aliphatic rings. The van der Waals surface area contributed by atoms with Crippen molar-refractivity contribution in [3.8, 4) is 0 Å². The third-order valence-corrected chi connectivity index (χ3v) is 5.94. The molecule has 160 valence electrons. The second-order valence-electron chi connectivity index (χ2n) is 6.69. The van der Waals surface area contributed by atoms with Crippen LogP contribution < -0.4 is 10.1 Å². The Labute approximate surface area is 166 Å². The van der Waals surface area contributed by atoms with Crippen molar-refractivity contribution in [2.45, 2.75) is 37.5 Å². The van der Waals surface area contributed by atoms with Gasteiger partial charge in [-0.05, 0) is 44.7 Å². The summed E-state index contributed by atoms with van der Waals surface area (Å²) < 4.78 is 57.9. The molecule has 1 fully saturated rings. The summed E-state index contributed by atoms with van der Waals surface area (Å²) in [7, 11) is -5.52. The van der Waals surface area contributed by atoms with Gasteiger partial charge >= 0.3 is 6.03 Å². The van der Waals surface area contributed by atoms with Gasteiger partial charge in [-0.25, -0.2) is 30.9 Å². The van der Waals surface area contributed by atoms with Crippen LogP contribution in [0.25, 0.3) is 0 Å². The van der Waals surface area contributed by atoms with Crippen molar-refractivity contribution in [3.05, 3.63) is 29.8 Å². The van der Waals surface area contributed by atoms with Gasteiger partial charge in [-0.1, -0.05) is 17.7 Å². The van der Waals surface area contributed by atoms with E-state index < -0.39 is 26.5 Å².